The zero-order valence-corrected chi connectivity index (χ0v) is 25.8. The third kappa shape index (κ3) is 7.58. The summed E-state index contributed by atoms with van der Waals surface area (Å²) in [6, 6.07) is 15.4. The number of esters is 1. The average molecular weight is 645 g/mol. The lowest BCUT2D eigenvalue weighted by Crippen LogP contribution is -2.15. The average Bonchev–Trinajstić information content (AvgIpc) is 3.76. The van der Waals surface area contributed by atoms with Crippen molar-refractivity contribution in [3.8, 4) is 0 Å². The Bertz CT molecular complexity index is 1650. The molecule has 0 radical (unpaired) electrons. The number of halogens is 3. The lowest BCUT2D eigenvalue weighted by atomic mass is 10.2. The molecule has 2 aromatic heterocycles. The highest BCUT2D eigenvalue weighted by Gasteiger charge is 2.40. The van der Waals surface area contributed by atoms with Gasteiger partial charge in [-0.25, -0.2) is 9.78 Å². The normalized spacial score (nSPS) is 13.4. The van der Waals surface area contributed by atoms with Crippen LogP contribution >= 0.6 is 22.7 Å². The minimum atomic E-state index is -4.82. The monoisotopic (exact) mass is 644 g/mol. The van der Waals surface area contributed by atoms with Crippen molar-refractivity contribution >= 4 is 66.5 Å². The van der Waals surface area contributed by atoms with E-state index in [0.717, 1.165) is 46.3 Å². The van der Waals surface area contributed by atoms with Gasteiger partial charge in [0.2, 0.25) is 5.13 Å². The first-order chi connectivity index (χ1) is 21.1. The first-order valence-electron chi connectivity index (χ1n) is 13.9. The van der Waals surface area contributed by atoms with E-state index in [2.05, 4.69) is 53.9 Å². The van der Waals surface area contributed by atoms with Crippen LogP contribution < -0.4 is 26.6 Å². The van der Waals surface area contributed by atoms with Gasteiger partial charge in [0.25, 0.3) is 0 Å². The third-order valence-electron chi connectivity index (χ3n) is 6.69. The summed E-state index contributed by atoms with van der Waals surface area (Å²) in [5.41, 5.74) is 16.3. The second kappa shape index (κ2) is 13.5. The van der Waals surface area contributed by atoms with E-state index >= 15 is 0 Å². The second-order valence-electron chi connectivity index (χ2n) is 9.96. The van der Waals surface area contributed by atoms with Gasteiger partial charge in [0, 0.05) is 13.1 Å². The number of hydrogen-bond donors (Lipinski definition) is 4. The van der Waals surface area contributed by atoms with Crippen LogP contribution in [0, 0.1) is 13.8 Å². The van der Waals surface area contributed by atoms with Crippen LogP contribution in [0.5, 0.6) is 0 Å². The van der Waals surface area contributed by atoms with Gasteiger partial charge in [-0.15, -0.1) is 10.2 Å². The van der Waals surface area contributed by atoms with Crippen molar-refractivity contribution in [2.45, 2.75) is 39.8 Å². The summed E-state index contributed by atoms with van der Waals surface area (Å²) in [4.78, 5) is 17.2. The Balaban J connectivity index is 1.17. The maximum atomic E-state index is 13.4. The molecule has 1 fully saturated rings. The maximum absolute atomic E-state index is 13.4. The van der Waals surface area contributed by atoms with Crippen molar-refractivity contribution < 1.29 is 22.7 Å². The molecule has 5 rings (SSSR count). The van der Waals surface area contributed by atoms with E-state index < -0.39 is 22.7 Å². The number of alkyl halides is 3. The first kappa shape index (κ1) is 31.1. The number of nitrogens with zero attached hydrogens (tertiary/aromatic N) is 4. The summed E-state index contributed by atoms with van der Waals surface area (Å²) in [5.74, 6) is -1.10. The van der Waals surface area contributed by atoms with Crippen LogP contribution in [0.2, 0.25) is 0 Å². The molecule has 1 saturated heterocycles. The van der Waals surface area contributed by atoms with Crippen molar-refractivity contribution in [3.63, 3.8) is 0 Å². The van der Waals surface area contributed by atoms with Crippen molar-refractivity contribution in [3.05, 3.63) is 70.2 Å². The summed E-state index contributed by atoms with van der Waals surface area (Å²) >= 11 is 2.21. The molecule has 0 amide bonds. The van der Waals surface area contributed by atoms with Crippen molar-refractivity contribution in [1.82, 2.24) is 4.98 Å². The quantitative estimate of drug-likeness (QED) is 0.0727. The number of anilines is 5. The first-order valence-corrected chi connectivity index (χ1v) is 15.5. The lowest BCUT2D eigenvalue weighted by molar-refractivity contribution is -0.141. The predicted molar refractivity (Wildman–Crippen MR) is 170 cm³/mol. The molecule has 0 bridgehead atoms. The number of hydrogen-bond acceptors (Lipinski definition) is 12. The summed E-state index contributed by atoms with van der Waals surface area (Å²) < 4.78 is 44.8. The molecule has 1 aliphatic heterocycles. The fraction of sp³-hybridized carbons (Fsp3) is 0.310. The zero-order chi connectivity index (χ0) is 31.3. The number of thiazole rings is 1. The number of aryl methyl sites for hydroxylation is 2. The molecule has 0 spiro atoms. The van der Waals surface area contributed by atoms with Crippen molar-refractivity contribution in [1.29, 1.82) is 0 Å². The highest BCUT2D eigenvalue weighted by Crippen LogP contribution is 2.38. The van der Waals surface area contributed by atoms with E-state index in [9.17, 15) is 18.0 Å². The molecule has 44 heavy (non-hydrogen) atoms. The fourth-order valence-corrected chi connectivity index (χ4v) is 6.19. The van der Waals surface area contributed by atoms with Gasteiger partial charge < -0.3 is 25.9 Å². The summed E-state index contributed by atoms with van der Waals surface area (Å²) in [7, 11) is 0. The number of aromatic nitrogens is 1. The Labute approximate surface area is 260 Å². The van der Waals surface area contributed by atoms with Gasteiger partial charge in [-0.1, -0.05) is 22.7 Å². The molecule has 0 unspecified atom stereocenters. The second-order valence-corrected chi connectivity index (χ2v) is 12.0. The number of nitrogens with one attached hydrogen (secondary N) is 4. The number of rotatable bonds is 11. The van der Waals surface area contributed by atoms with E-state index in [4.69, 9.17) is 4.74 Å². The predicted octanol–water partition coefficient (Wildman–Crippen LogP) is 8.91. The van der Waals surface area contributed by atoms with E-state index in [1.807, 2.05) is 31.2 Å². The van der Waals surface area contributed by atoms with Gasteiger partial charge in [0.05, 0.1) is 34.4 Å². The van der Waals surface area contributed by atoms with Gasteiger partial charge in [-0.3, -0.25) is 5.43 Å². The Morgan fingerprint density at radius 1 is 0.932 bits per heavy atom. The van der Waals surface area contributed by atoms with Crippen molar-refractivity contribution in [2.24, 2.45) is 10.2 Å². The molecule has 0 aliphatic carbocycles. The summed E-state index contributed by atoms with van der Waals surface area (Å²) in [5, 5.41) is 9.93. The molecular weight excluding hydrogens is 614 g/mol. The number of hydrazine groups is 2. The summed E-state index contributed by atoms with van der Waals surface area (Å²) in [6.07, 6.45) is -2.33. The van der Waals surface area contributed by atoms with Crippen LogP contribution in [-0.2, 0) is 10.9 Å². The van der Waals surface area contributed by atoms with Crippen LogP contribution in [0.4, 0.5) is 51.1 Å². The van der Waals surface area contributed by atoms with E-state index in [0.29, 0.717) is 17.0 Å². The topological polar surface area (TPSA) is 115 Å². The minimum absolute atomic E-state index is 0.0609. The van der Waals surface area contributed by atoms with E-state index in [-0.39, 0.29) is 11.7 Å². The maximum Gasteiger partial charge on any atom is 0.435 e. The van der Waals surface area contributed by atoms with Crippen LogP contribution in [0.15, 0.2) is 58.8 Å². The van der Waals surface area contributed by atoms with Crippen molar-refractivity contribution in [2.75, 3.05) is 46.3 Å². The molecule has 0 saturated carbocycles. The van der Waals surface area contributed by atoms with Crippen LogP contribution in [0.1, 0.15) is 46.3 Å². The van der Waals surface area contributed by atoms with Gasteiger partial charge in [-0.05, 0) is 93.3 Å². The van der Waals surface area contributed by atoms with E-state index in [1.54, 1.807) is 30.4 Å². The number of ether oxygens (including phenoxy) is 1. The molecule has 4 N–H and O–H groups in total. The molecule has 3 heterocycles. The molecule has 2 aromatic carbocycles. The lowest BCUT2D eigenvalue weighted by Gasteiger charge is -2.15. The van der Waals surface area contributed by atoms with Gasteiger partial charge in [-0.2, -0.15) is 13.2 Å². The van der Waals surface area contributed by atoms with Crippen LogP contribution in [-0.4, -0.2) is 30.6 Å². The van der Waals surface area contributed by atoms with E-state index in [1.165, 1.54) is 24.8 Å². The number of benzene rings is 2. The molecule has 0 atom stereocenters. The Kier molecular flexibility index (Phi) is 9.54. The SMILES string of the molecule is CCOC(=O)c1sc(N=Nc2ccc(NNc3ccc(NNc4ccc(N5CCCC5)s4)cc3C)cc2C)nc1C(F)(F)F. The molecule has 10 nitrogen and oxygen atoms in total. The molecule has 232 valence electrons. The zero-order valence-electron chi connectivity index (χ0n) is 24.2. The Morgan fingerprint density at radius 3 is 2.32 bits per heavy atom. The third-order valence-corrected chi connectivity index (χ3v) is 8.67. The number of carbonyl (C=O) groups is 1. The van der Waals surface area contributed by atoms with Crippen LogP contribution in [0.3, 0.4) is 0 Å². The number of carbonyl (C=O) groups excluding carboxylic acids is 1. The standard InChI is InChI=1S/C29H31F3N8O2S2/c1-4-42-27(41)25-26(29(30,31)32)33-28(44-25)39-37-22-10-7-19(15-18(22)3)34-36-21-9-8-20(16-17(21)2)35-38-23-11-12-24(43-23)40-13-5-6-14-40/h7-12,15-16,34-36,38H,4-6,13-14H2,1-3H3. The largest absolute Gasteiger partial charge is 0.462 e. The Morgan fingerprint density at radius 2 is 1.64 bits per heavy atom. The highest BCUT2D eigenvalue weighted by atomic mass is 32.1. The number of azo groups is 1. The van der Waals surface area contributed by atoms with Crippen LogP contribution in [0.25, 0.3) is 0 Å². The molecule has 4 aromatic rings. The number of thiophene rings is 1. The molecule has 1 aliphatic rings. The highest BCUT2D eigenvalue weighted by molar-refractivity contribution is 7.20. The fourth-order valence-electron chi connectivity index (χ4n) is 4.48. The minimum Gasteiger partial charge on any atom is -0.462 e. The smallest absolute Gasteiger partial charge is 0.435 e. The summed E-state index contributed by atoms with van der Waals surface area (Å²) in [6.45, 7) is 7.48. The Hall–Kier alpha value is -4.37. The molecular formula is C29H31F3N8O2S2. The molecule has 15 heteroatoms. The van der Waals surface area contributed by atoms with Gasteiger partial charge in [0.1, 0.15) is 9.88 Å². The van der Waals surface area contributed by atoms with Gasteiger partial charge in [0.15, 0.2) is 5.69 Å². The van der Waals surface area contributed by atoms with Gasteiger partial charge >= 0.3 is 12.1 Å².